The lowest BCUT2D eigenvalue weighted by Gasteiger charge is -2.26. The van der Waals surface area contributed by atoms with Crippen LogP contribution in [0.15, 0.2) is 72.8 Å². The summed E-state index contributed by atoms with van der Waals surface area (Å²) in [5, 5.41) is 12.0. The first-order valence-electron chi connectivity index (χ1n) is 10.9. The molecule has 0 bridgehead atoms. The Kier molecular flexibility index (Phi) is 6.77. The van der Waals surface area contributed by atoms with E-state index in [2.05, 4.69) is 47.4 Å². The van der Waals surface area contributed by atoms with Gasteiger partial charge in [0.2, 0.25) is 5.91 Å². The van der Waals surface area contributed by atoms with Crippen LogP contribution in [0.2, 0.25) is 0 Å². The molecular weight excluding hydrogens is 372 g/mol. The van der Waals surface area contributed by atoms with Crippen LogP contribution < -0.4 is 0 Å². The summed E-state index contributed by atoms with van der Waals surface area (Å²) in [5.74, 6) is 0.108. The maximum atomic E-state index is 12.9. The Bertz CT molecular complexity index is 964. The average molecular weight is 403 g/mol. The number of hydrogen-bond acceptors (Lipinski definition) is 3. The van der Waals surface area contributed by atoms with Crippen LogP contribution in [0, 0.1) is 0 Å². The molecule has 0 aromatic heterocycles. The maximum absolute atomic E-state index is 12.9. The van der Waals surface area contributed by atoms with Crippen molar-refractivity contribution in [3.63, 3.8) is 0 Å². The van der Waals surface area contributed by atoms with Crippen molar-refractivity contribution in [2.45, 2.75) is 38.4 Å². The number of aliphatic hydroxyl groups is 1. The zero-order valence-electron chi connectivity index (χ0n) is 17.4. The minimum atomic E-state index is -0.0130. The molecule has 0 heterocycles. The zero-order chi connectivity index (χ0) is 20.8. The summed E-state index contributed by atoms with van der Waals surface area (Å²) >= 11 is 0. The fourth-order valence-electron chi connectivity index (χ4n) is 4.09. The van der Waals surface area contributed by atoms with Crippen LogP contribution in [0.1, 0.15) is 30.4 Å². The summed E-state index contributed by atoms with van der Waals surface area (Å²) in [4.78, 5) is 17.2. The van der Waals surface area contributed by atoms with Crippen molar-refractivity contribution in [1.29, 1.82) is 0 Å². The largest absolute Gasteiger partial charge is 0.395 e. The number of aliphatic hydroxyl groups excluding tert-OH is 1. The van der Waals surface area contributed by atoms with Gasteiger partial charge >= 0.3 is 0 Å². The molecular formula is C26H30N2O2. The molecule has 30 heavy (non-hydrogen) atoms. The number of nitrogens with zero attached hydrogens (tertiary/aromatic N) is 2. The summed E-state index contributed by atoms with van der Waals surface area (Å²) in [6.07, 6.45) is 2.90. The molecule has 4 heteroatoms. The Labute approximate surface area is 178 Å². The van der Waals surface area contributed by atoms with Gasteiger partial charge in [-0.2, -0.15) is 0 Å². The molecule has 4 rings (SSSR count). The second-order valence-electron chi connectivity index (χ2n) is 8.11. The molecule has 1 amide bonds. The van der Waals surface area contributed by atoms with Crippen LogP contribution >= 0.6 is 0 Å². The smallest absolute Gasteiger partial charge is 0.224 e. The third-order valence-electron chi connectivity index (χ3n) is 5.87. The highest BCUT2D eigenvalue weighted by atomic mass is 16.3. The number of rotatable bonds is 10. The topological polar surface area (TPSA) is 43.8 Å². The molecule has 1 aliphatic rings. The maximum Gasteiger partial charge on any atom is 0.224 e. The van der Waals surface area contributed by atoms with E-state index in [0.717, 1.165) is 18.7 Å². The van der Waals surface area contributed by atoms with E-state index in [4.69, 9.17) is 0 Å². The van der Waals surface area contributed by atoms with Gasteiger partial charge in [0.15, 0.2) is 0 Å². The molecule has 1 aliphatic carbocycles. The Balaban J connectivity index is 1.41. The second kappa shape index (κ2) is 9.88. The molecule has 1 N–H and O–H groups in total. The molecule has 0 saturated heterocycles. The Hall–Kier alpha value is -2.69. The number of carbonyl (C=O) groups excluding carboxylic acids is 1. The summed E-state index contributed by atoms with van der Waals surface area (Å²) in [7, 11) is 0. The van der Waals surface area contributed by atoms with Crippen LogP contribution in [0.5, 0.6) is 0 Å². The quantitative estimate of drug-likeness (QED) is 0.552. The normalized spacial score (nSPS) is 13.7. The van der Waals surface area contributed by atoms with Crippen LogP contribution in [0.25, 0.3) is 10.8 Å². The number of amides is 1. The van der Waals surface area contributed by atoms with Gasteiger partial charge in [-0.1, -0.05) is 72.8 Å². The zero-order valence-corrected chi connectivity index (χ0v) is 17.4. The molecule has 0 radical (unpaired) electrons. The molecule has 0 aliphatic heterocycles. The predicted octanol–water partition coefficient (Wildman–Crippen LogP) is 4.22. The van der Waals surface area contributed by atoms with Crippen molar-refractivity contribution in [2.24, 2.45) is 0 Å². The third-order valence-corrected chi connectivity index (χ3v) is 5.87. The van der Waals surface area contributed by atoms with Gasteiger partial charge in [0.25, 0.3) is 0 Å². The Morgan fingerprint density at radius 3 is 2.37 bits per heavy atom. The highest BCUT2D eigenvalue weighted by molar-refractivity contribution is 5.85. The lowest BCUT2D eigenvalue weighted by atomic mass is 10.0. The molecule has 0 atom stereocenters. The molecule has 0 spiro atoms. The van der Waals surface area contributed by atoms with E-state index in [0.29, 0.717) is 25.6 Å². The van der Waals surface area contributed by atoms with Crippen molar-refractivity contribution in [3.05, 3.63) is 83.9 Å². The monoisotopic (exact) mass is 402 g/mol. The van der Waals surface area contributed by atoms with Crippen molar-refractivity contribution in [1.82, 2.24) is 9.80 Å². The number of benzene rings is 3. The lowest BCUT2D eigenvalue weighted by molar-refractivity contribution is -0.132. The molecule has 4 nitrogen and oxygen atoms in total. The average Bonchev–Trinajstić information content (AvgIpc) is 3.62. The second-order valence-corrected chi connectivity index (χ2v) is 8.11. The van der Waals surface area contributed by atoms with Gasteiger partial charge < -0.3 is 10.0 Å². The van der Waals surface area contributed by atoms with Crippen LogP contribution in [-0.4, -0.2) is 46.6 Å². The van der Waals surface area contributed by atoms with Gasteiger partial charge in [-0.15, -0.1) is 0 Å². The SMILES string of the molecule is O=C(CCN(Cc1cccc2ccccc12)C1CC1)N(CCO)Cc1ccccc1. The van der Waals surface area contributed by atoms with E-state index in [1.165, 1.54) is 29.2 Å². The van der Waals surface area contributed by atoms with E-state index in [-0.39, 0.29) is 12.5 Å². The van der Waals surface area contributed by atoms with Crippen LogP contribution in [0.3, 0.4) is 0 Å². The van der Waals surface area contributed by atoms with Gasteiger partial charge in [0, 0.05) is 38.6 Å². The summed E-state index contributed by atoms with van der Waals surface area (Å²) < 4.78 is 0. The van der Waals surface area contributed by atoms with Gasteiger partial charge in [-0.25, -0.2) is 0 Å². The predicted molar refractivity (Wildman–Crippen MR) is 121 cm³/mol. The highest BCUT2D eigenvalue weighted by Gasteiger charge is 2.29. The molecule has 3 aromatic carbocycles. The van der Waals surface area contributed by atoms with Crippen molar-refractivity contribution >= 4 is 16.7 Å². The molecule has 0 unspecified atom stereocenters. The summed E-state index contributed by atoms with van der Waals surface area (Å²) in [6, 6.07) is 25.5. The summed E-state index contributed by atoms with van der Waals surface area (Å²) in [6.45, 7) is 2.54. The van der Waals surface area contributed by atoms with Gasteiger partial charge in [-0.05, 0) is 34.7 Å². The molecule has 3 aromatic rings. The fraction of sp³-hybridized carbons (Fsp3) is 0.346. The molecule has 1 saturated carbocycles. The summed E-state index contributed by atoms with van der Waals surface area (Å²) in [5.41, 5.74) is 2.41. The van der Waals surface area contributed by atoms with E-state index >= 15 is 0 Å². The molecule has 1 fully saturated rings. The number of hydrogen-bond donors (Lipinski definition) is 1. The van der Waals surface area contributed by atoms with E-state index in [1.54, 1.807) is 4.90 Å². The van der Waals surface area contributed by atoms with Crippen LogP contribution in [0.4, 0.5) is 0 Å². The highest BCUT2D eigenvalue weighted by Crippen LogP contribution is 2.30. The number of fused-ring (bicyclic) bond motifs is 1. The van der Waals surface area contributed by atoms with Crippen molar-refractivity contribution < 1.29 is 9.90 Å². The molecule has 156 valence electrons. The lowest BCUT2D eigenvalue weighted by Crippen LogP contribution is -2.36. The fourth-order valence-corrected chi connectivity index (χ4v) is 4.09. The minimum absolute atomic E-state index is 0.0130. The van der Waals surface area contributed by atoms with Gasteiger partial charge in [0.1, 0.15) is 0 Å². The van der Waals surface area contributed by atoms with Crippen molar-refractivity contribution in [3.8, 4) is 0 Å². The first kappa shape index (κ1) is 20.6. The van der Waals surface area contributed by atoms with E-state index < -0.39 is 0 Å². The van der Waals surface area contributed by atoms with E-state index in [1.807, 2.05) is 30.3 Å². The first-order valence-corrected chi connectivity index (χ1v) is 10.9. The Morgan fingerprint density at radius 1 is 0.867 bits per heavy atom. The number of carbonyl (C=O) groups is 1. The van der Waals surface area contributed by atoms with Gasteiger partial charge in [0.05, 0.1) is 6.61 Å². The van der Waals surface area contributed by atoms with Crippen molar-refractivity contribution in [2.75, 3.05) is 19.7 Å². The van der Waals surface area contributed by atoms with Crippen LogP contribution in [-0.2, 0) is 17.9 Å². The minimum Gasteiger partial charge on any atom is -0.395 e. The first-order chi connectivity index (χ1) is 14.7. The Morgan fingerprint density at radius 2 is 1.60 bits per heavy atom. The standard InChI is InChI=1S/C26H30N2O2/c29-18-17-28(19-21-7-2-1-3-8-21)26(30)15-16-27(24-13-14-24)20-23-11-6-10-22-9-4-5-12-25(22)23/h1-12,24,29H,13-20H2. The van der Waals surface area contributed by atoms with Gasteiger partial charge in [-0.3, -0.25) is 9.69 Å². The third kappa shape index (κ3) is 5.26. The van der Waals surface area contributed by atoms with E-state index in [9.17, 15) is 9.90 Å².